The molecule has 2 N–H and O–H groups in total. The smallest absolute Gasteiger partial charge is 0.0589 e. The second-order valence-corrected chi connectivity index (χ2v) is 4.10. The molecule has 92 valence electrons. The molecule has 1 atom stereocenters. The van der Waals surface area contributed by atoms with E-state index in [2.05, 4.69) is 25.7 Å². The number of ether oxygens (including phenoxy) is 1. The minimum absolute atomic E-state index is 0.183. The van der Waals surface area contributed by atoms with Crippen molar-refractivity contribution in [3.05, 3.63) is 0 Å². The summed E-state index contributed by atoms with van der Waals surface area (Å²) in [5.41, 5.74) is 6.15. The molecule has 0 aliphatic carbocycles. The van der Waals surface area contributed by atoms with Gasteiger partial charge in [0.1, 0.15) is 0 Å². The van der Waals surface area contributed by atoms with Crippen molar-refractivity contribution < 1.29 is 4.74 Å². The van der Waals surface area contributed by atoms with Crippen LogP contribution in [0.5, 0.6) is 0 Å². The highest BCUT2D eigenvalue weighted by Crippen LogP contribution is 2.24. The lowest BCUT2D eigenvalue weighted by Gasteiger charge is -2.42. The minimum Gasteiger partial charge on any atom is -0.383 e. The van der Waals surface area contributed by atoms with Gasteiger partial charge in [-0.25, -0.2) is 0 Å². The van der Waals surface area contributed by atoms with Gasteiger partial charge in [-0.05, 0) is 19.4 Å². The zero-order valence-electron chi connectivity index (χ0n) is 10.9. The van der Waals surface area contributed by atoms with Crippen LogP contribution in [0.1, 0.15) is 40.0 Å². The molecule has 0 saturated heterocycles. The molecule has 0 aromatic carbocycles. The third kappa shape index (κ3) is 4.09. The van der Waals surface area contributed by atoms with Gasteiger partial charge in [0.2, 0.25) is 0 Å². The summed E-state index contributed by atoms with van der Waals surface area (Å²) in [6.07, 6.45) is 3.49. The maximum atomic E-state index is 5.97. The fraction of sp³-hybridized carbons (Fsp3) is 1.00. The Morgan fingerprint density at radius 1 is 1.27 bits per heavy atom. The molecule has 0 rings (SSSR count). The number of nitrogens with zero attached hydrogens (tertiary/aromatic N) is 1. The standard InChI is InChI=1S/C12H28N2O/c1-5-8-12(6-2,11-13)14(7-3)9-10-15-4/h5-11,13H2,1-4H3. The summed E-state index contributed by atoms with van der Waals surface area (Å²) in [7, 11) is 1.75. The van der Waals surface area contributed by atoms with Gasteiger partial charge in [0.05, 0.1) is 6.61 Å². The van der Waals surface area contributed by atoms with Gasteiger partial charge in [0.15, 0.2) is 0 Å². The predicted molar refractivity (Wildman–Crippen MR) is 66.1 cm³/mol. The second kappa shape index (κ2) is 8.08. The molecule has 0 spiro atoms. The van der Waals surface area contributed by atoms with Crippen LogP contribution in [-0.2, 0) is 4.74 Å². The average Bonchev–Trinajstić information content (AvgIpc) is 2.28. The summed E-state index contributed by atoms with van der Waals surface area (Å²) in [6.45, 7) is 10.2. The monoisotopic (exact) mass is 216 g/mol. The van der Waals surface area contributed by atoms with Gasteiger partial charge in [-0.15, -0.1) is 0 Å². The van der Waals surface area contributed by atoms with Crippen molar-refractivity contribution >= 4 is 0 Å². The molecule has 0 radical (unpaired) electrons. The Labute approximate surface area is 95.0 Å². The Balaban J connectivity index is 4.51. The Kier molecular flexibility index (Phi) is 8.02. The Hall–Kier alpha value is -0.120. The first-order valence-corrected chi connectivity index (χ1v) is 6.14. The molecular weight excluding hydrogens is 188 g/mol. The highest BCUT2D eigenvalue weighted by atomic mass is 16.5. The zero-order chi connectivity index (χ0) is 11.7. The quantitative estimate of drug-likeness (QED) is 0.639. The molecule has 0 bridgehead atoms. The maximum Gasteiger partial charge on any atom is 0.0589 e. The lowest BCUT2D eigenvalue weighted by molar-refractivity contribution is 0.0544. The van der Waals surface area contributed by atoms with Gasteiger partial charge in [-0.3, -0.25) is 4.90 Å². The van der Waals surface area contributed by atoms with Crippen molar-refractivity contribution in [1.29, 1.82) is 0 Å². The Morgan fingerprint density at radius 3 is 2.27 bits per heavy atom. The normalized spacial score (nSPS) is 15.6. The lowest BCUT2D eigenvalue weighted by atomic mass is 9.88. The minimum atomic E-state index is 0.183. The van der Waals surface area contributed by atoms with E-state index in [1.807, 2.05) is 0 Å². The van der Waals surface area contributed by atoms with E-state index in [4.69, 9.17) is 10.5 Å². The van der Waals surface area contributed by atoms with Gasteiger partial charge in [-0.1, -0.05) is 27.2 Å². The van der Waals surface area contributed by atoms with Crippen LogP contribution in [-0.4, -0.2) is 43.8 Å². The van der Waals surface area contributed by atoms with Crippen molar-refractivity contribution in [1.82, 2.24) is 4.90 Å². The molecule has 3 heteroatoms. The molecule has 0 heterocycles. The predicted octanol–water partition coefficient (Wildman–Crippen LogP) is 1.86. The third-order valence-electron chi connectivity index (χ3n) is 3.37. The number of nitrogens with two attached hydrogens (primary N) is 1. The molecule has 0 aliphatic rings. The number of hydrogen-bond acceptors (Lipinski definition) is 3. The number of rotatable bonds is 9. The Morgan fingerprint density at radius 2 is 1.93 bits per heavy atom. The summed E-state index contributed by atoms with van der Waals surface area (Å²) in [6, 6.07) is 0. The van der Waals surface area contributed by atoms with Gasteiger partial charge in [0, 0.05) is 25.7 Å². The first-order chi connectivity index (χ1) is 7.20. The van der Waals surface area contributed by atoms with Crippen LogP contribution < -0.4 is 5.73 Å². The fourth-order valence-electron chi connectivity index (χ4n) is 2.33. The molecule has 0 aromatic rings. The van der Waals surface area contributed by atoms with Crippen LogP contribution in [0.3, 0.4) is 0 Å². The van der Waals surface area contributed by atoms with E-state index >= 15 is 0 Å². The summed E-state index contributed by atoms with van der Waals surface area (Å²) in [4.78, 5) is 2.47. The molecule has 0 saturated carbocycles. The van der Waals surface area contributed by atoms with Crippen molar-refractivity contribution in [2.24, 2.45) is 5.73 Å². The van der Waals surface area contributed by atoms with Crippen molar-refractivity contribution in [2.45, 2.75) is 45.6 Å². The van der Waals surface area contributed by atoms with Gasteiger partial charge in [0.25, 0.3) is 0 Å². The SMILES string of the molecule is CCCC(CC)(CN)N(CC)CCOC. The zero-order valence-corrected chi connectivity index (χ0v) is 10.9. The van der Waals surface area contributed by atoms with E-state index < -0.39 is 0 Å². The van der Waals surface area contributed by atoms with Crippen LogP contribution in [0.4, 0.5) is 0 Å². The van der Waals surface area contributed by atoms with Crippen molar-refractivity contribution in [3.8, 4) is 0 Å². The molecule has 0 amide bonds. The van der Waals surface area contributed by atoms with Crippen LogP contribution in [0.25, 0.3) is 0 Å². The molecular formula is C12H28N2O. The largest absolute Gasteiger partial charge is 0.383 e. The molecule has 3 nitrogen and oxygen atoms in total. The number of hydrogen-bond donors (Lipinski definition) is 1. The van der Waals surface area contributed by atoms with Crippen LogP contribution in [0.15, 0.2) is 0 Å². The van der Waals surface area contributed by atoms with E-state index in [9.17, 15) is 0 Å². The lowest BCUT2D eigenvalue weighted by Crippen LogP contribution is -2.54. The van der Waals surface area contributed by atoms with Crippen LogP contribution in [0.2, 0.25) is 0 Å². The highest BCUT2D eigenvalue weighted by Gasteiger charge is 2.31. The van der Waals surface area contributed by atoms with E-state index in [0.717, 1.165) is 32.7 Å². The van der Waals surface area contributed by atoms with Crippen LogP contribution in [0, 0.1) is 0 Å². The molecule has 0 aromatic heterocycles. The fourth-order valence-corrected chi connectivity index (χ4v) is 2.33. The highest BCUT2D eigenvalue weighted by molar-refractivity contribution is 4.89. The summed E-state index contributed by atoms with van der Waals surface area (Å²) < 4.78 is 5.15. The van der Waals surface area contributed by atoms with Gasteiger partial charge >= 0.3 is 0 Å². The molecule has 0 fully saturated rings. The van der Waals surface area contributed by atoms with Gasteiger partial charge in [-0.2, -0.15) is 0 Å². The van der Waals surface area contributed by atoms with E-state index in [1.165, 1.54) is 12.8 Å². The topological polar surface area (TPSA) is 38.5 Å². The summed E-state index contributed by atoms with van der Waals surface area (Å²) in [5, 5.41) is 0. The summed E-state index contributed by atoms with van der Waals surface area (Å²) in [5.74, 6) is 0. The Bertz CT molecular complexity index is 147. The maximum absolute atomic E-state index is 5.97. The van der Waals surface area contributed by atoms with E-state index in [1.54, 1.807) is 7.11 Å². The van der Waals surface area contributed by atoms with E-state index in [-0.39, 0.29) is 5.54 Å². The third-order valence-corrected chi connectivity index (χ3v) is 3.37. The van der Waals surface area contributed by atoms with Crippen LogP contribution >= 0.6 is 0 Å². The molecule has 1 unspecified atom stereocenters. The number of likely N-dealkylation sites (N-methyl/N-ethyl adjacent to an activating group) is 1. The number of methoxy groups -OCH3 is 1. The second-order valence-electron chi connectivity index (χ2n) is 4.10. The first-order valence-electron chi connectivity index (χ1n) is 6.14. The molecule has 15 heavy (non-hydrogen) atoms. The first kappa shape index (κ1) is 14.9. The van der Waals surface area contributed by atoms with Gasteiger partial charge < -0.3 is 10.5 Å². The van der Waals surface area contributed by atoms with E-state index in [0.29, 0.717) is 0 Å². The molecule has 0 aliphatic heterocycles. The average molecular weight is 216 g/mol. The summed E-state index contributed by atoms with van der Waals surface area (Å²) >= 11 is 0. The van der Waals surface area contributed by atoms with Crippen molar-refractivity contribution in [3.63, 3.8) is 0 Å². The van der Waals surface area contributed by atoms with Crippen molar-refractivity contribution in [2.75, 3.05) is 33.4 Å².